The monoisotopic (exact) mass is 292 g/mol. The molecule has 2 aliphatic rings. The van der Waals surface area contributed by atoms with E-state index in [0.717, 1.165) is 50.3 Å². The van der Waals surface area contributed by atoms with Gasteiger partial charge in [-0.3, -0.25) is 0 Å². The number of hydrogen-bond donors (Lipinski definition) is 2. The van der Waals surface area contributed by atoms with Crippen LogP contribution in [0.3, 0.4) is 0 Å². The first-order chi connectivity index (χ1) is 10.2. The standard InChI is InChI=1S/C16H24N2O3/c1-20-14-5-4-13(19)16-15(14)12-9-18(7-3-2-6-17)8-11(12)10-21-16/h4-5,11-12,19H,2-3,6-10,17H2,1H3/t11-,12-/m1/s1. The summed E-state index contributed by atoms with van der Waals surface area (Å²) in [5, 5.41) is 10.0. The number of hydrogen-bond acceptors (Lipinski definition) is 5. The number of nitrogens with two attached hydrogens (primary N) is 1. The highest BCUT2D eigenvalue weighted by Crippen LogP contribution is 2.49. The van der Waals surface area contributed by atoms with Crippen LogP contribution in [0.1, 0.15) is 24.3 Å². The number of benzene rings is 1. The van der Waals surface area contributed by atoms with E-state index in [4.69, 9.17) is 15.2 Å². The van der Waals surface area contributed by atoms with Crippen molar-refractivity contribution in [3.8, 4) is 17.2 Å². The average Bonchev–Trinajstić information content (AvgIpc) is 2.91. The van der Waals surface area contributed by atoms with E-state index in [2.05, 4.69) is 4.90 Å². The highest BCUT2D eigenvalue weighted by molar-refractivity contribution is 5.56. The first-order valence-electron chi connectivity index (χ1n) is 7.69. The molecule has 1 aromatic carbocycles. The van der Waals surface area contributed by atoms with Crippen molar-refractivity contribution < 1.29 is 14.6 Å². The summed E-state index contributed by atoms with van der Waals surface area (Å²) < 4.78 is 11.3. The van der Waals surface area contributed by atoms with Gasteiger partial charge in [0.15, 0.2) is 11.5 Å². The molecule has 5 nitrogen and oxygen atoms in total. The summed E-state index contributed by atoms with van der Waals surface area (Å²) >= 11 is 0. The van der Waals surface area contributed by atoms with Crippen molar-refractivity contribution in [1.29, 1.82) is 0 Å². The van der Waals surface area contributed by atoms with Crippen molar-refractivity contribution in [1.82, 2.24) is 4.90 Å². The van der Waals surface area contributed by atoms with Crippen molar-refractivity contribution >= 4 is 0 Å². The van der Waals surface area contributed by atoms with Gasteiger partial charge in [-0.2, -0.15) is 0 Å². The maximum atomic E-state index is 10.0. The Labute approximate surface area is 125 Å². The number of fused-ring (bicyclic) bond motifs is 3. The van der Waals surface area contributed by atoms with Crippen LogP contribution in [-0.4, -0.2) is 49.9 Å². The van der Waals surface area contributed by atoms with Crippen molar-refractivity contribution in [2.45, 2.75) is 18.8 Å². The third-order valence-corrected chi connectivity index (χ3v) is 4.61. The number of nitrogens with zero attached hydrogens (tertiary/aromatic N) is 1. The second-order valence-electron chi connectivity index (χ2n) is 5.96. The number of aromatic hydroxyl groups is 1. The zero-order valence-electron chi connectivity index (χ0n) is 12.5. The van der Waals surface area contributed by atoms with Crippen LogP contribution < -0.4 is 15.2 Å². The molecule has 0 bridgehead atoms. The minimum atomic E-state index is 0.214. The van der Waals surface area contributed by atoms with Gasteiger partial charge in [0.2, 0.25) is 0 Å². The molecule has 3 rings (SSSR count). The van der Waals surface area contributed by atoms with Crippen LogP contribution in [0.5, 0.6) is 17.2 Å². The minimum absolute atomic E-state index is 0.214. The van der Waals surface area contributed by atoms with Crippen LogP contribution in [0.4, 0.5) is 0 Å². The molecule has 0 radical (unpaired) electrons. The van der Waals surface area contributed by atoms with Crippen LogP contribution >= 0.6 is 0 Å². The Hall–Kier alpha value is -1.46. The topological polar surface area (TPSA) is 68.0 Å². The molecule has 0 unspecified atom stereocenters. The van der Waals surface area contributed by atoms with Crippen molar-refractivity contribution in [2.75, 3.05) is 39.9 Å². The smallest absolute Gasteiger partial charge is 0.168 e. The molecule has 0 spiro atoms. The first-order valence-corrected chi connectivity index (χ1v) is 7.69. The summed E-state index contributed by atoms with van der Waals surface area (Å²) in [5.41, 5.74) is 6.60. The Morgan fingerprint density at radius 2 is 2.24 bits per heavy atom. The van der Waals surface area contributed by atoms with E-state index >= 15 is 0 Å². The van der Waals surface area contributed by atoms with Gasteiger partial charge in [0, 0.05) is 30.5 Å². The molecule has 5 heteroatoms. The molecule has 116 valence electrons. The maximum Gasteiger partial charge on any atom is 0.168 e. The Balaban J connectivity index is 1.81. The molecule has 0 saturated carbocycles. The van der Waals surface area contributed by atoms with E-state index in [0.29, 0.717) is 24.2 Å². The van der Waals surface area contributed by atoms with Gasteiger partial charge in [-0.1, -0.05) is 0 Å². The van der Waals surface area contributed by atoms with Gasteiger partial charge in [0.25, 0.3) is 0 Å². The number of phenols is 1. The molecule has 21 heavy (non-hydrogen) atoms. The van der Waals surface area contributed by atoms with E-state index in [9.17, 15) is 5.11 Å². The highest BCUT2D eigenvalue weighted by Gasteiger charge is 2.41. The van der Waals surface area contributed by atoms with Crippen molar-refractivity contribution in [3.63, 3.8) is 0 Å². The minimum Gasteiger partial charge on any atom is -0.504 e. The van der Waals surface area contributed by atoms with E-state index in [-0.39, 0.29) is 5.75 Å². The van der Waals surface area contributed by atoms with Gasteiger partial charge in [-0.15, -0.1) is 0 Å². The normalized spacial score (nSPS) is 24.3. The largest absolute Gasteiger partial charge is 0.504 e. The molecular weight excluding hydrogens is 268 g/mol. The lowest BCUT2D eigenvalue weighted by atomic mass is 9.86. The quantitative estimate of drug-likeness (QED) is 0.806. The summed E-state index contributed by atoms with van der Waals surface area (Å²) in [5.74, 6) is 2.51. The molecule has 0 aliphatic carbocycles. The molecule has 1 fully saturated rings. The van der Waals surface area contributed by atoms with Gasteiger partial charge < -0.3 is 25.2 Å². The summed E-state index contributed by atoms with van der Waals surface area (Å²) in [6, 6.07) is 3.48. The summed E-state index contributed by atoms with van der Waals surface area (Å²) in [4.78, 5) is 2.48. The summed E-state index contributed by atoms with van der Waals surface area (Å²) in [7, 11) is 1.67. The lowest BCUT2D eigenvalue weighted by molar-refractivity contribution is 0.201. The van der Waals surface area contributed by atoms with Gasteiger partial charge in [0.05, 0.1) is 13.7 Å². The number of methoxy groups -OCH3 is 1. The molecule has 1 saturated heterocycles. The molecule has 0 amide bonds. The molecule has 0 aromatic heterocycles. The average molecular weight is 292 g/mol. The first kappa shape index (κ1) is 14.5. The van der Waals surface area contributed by atoms with E-state index in [1.807, 2.05) is 6.07 Å². The molecule has 2 heterocycles. The van der Waals surface area contributed by atoms with E-state index in [1.165, 1.54) is 0 Å². The summed E-state index contributed by atoms with van der Waals surface area (Å²) in [6.45, 7) is 4.57. The molecule has 3 N–H and O–H groups in total. The fraction of sp³-hybridized carbons (Fsp3) is 0.625. The Bertz CT molecular complexity index is 507. The highest BCUT2D eigenvalue weighted by atomic mass is 16.5. The lowest BCUT2D eigenvalue weighted by Crippen LogP contribution is -2.25. The van der Waals surface area contributed by atoms with Gasteiger partial charge in [0.1, 0.15) is 5.75 Å². The molecule has 1 aromatic rings. The molecule has 2 aliphatic heterocycles. The Morgan fingerprint density at radius 3 is 3.00 bits per heavy atom. The number of phenolic OH excluding ortho intramolecular Hbond substituents is 1. The number of unbranched alkanes of at least 4 members (excludes halogenated alkanes) is 1. The maximum absolute atomic E-state index is 10.0. The van der Waals surface area contributed by atoms with Gasteiger partial charge in [-0.25, -0.2) is 0 Å². The Kier molecular flexibility index (Phi) is 4.22. The second-order valence-corrected chi connectivity index (χ2v) is 5.96. The fourth-order valence-corrected chi connectivity index (χ4v) is 3.56. The van der Waals surface area contributed by atoms with Gasteiger partial charge >= 0.3 is 0 Å². The zero-order valence-corrected chi connectivity index (χ0v) is 12.5. The molecular formula is C16H24N2O3. The van der Waals surface area contributed by atoms with E-state index < -0.39 is 0 Å². The third kappa shape index (κ3) is 2.68. The van der Waals surface area contributed by atoms with Crippen molar-refractivity contribution in [2.24, 2.45) is 11.7 Å². The predicted molar refractivity (Wildman–Crippen MR) is 81.1 cm³/mol. The SMILES string of the molecule is COc1ccc(O)c2c1[C@@H]1CN(CCCCN)C[C@@H]1CO2. The predicted octanol–water partition coefficient (Wildman–Crippen LogP) is 1.55. The van der Waals surface area contributed by atoms with Crippen LogP contribution in [-0.2, 0) is 0 Å². The van der Waals surface area contributed by atoms with Crippen LogP contribution in [0.2, 0.25) is 0 Å². The van der Waals surface area contributed by atoms with E-state index in [1.54, 1.807) is 13.2 Å². The number of likely N-dealkylation sites (tertiary alicyclic amines) is 1. The lowest BCUT2D eigenvalue weighted by Gasteiger charge is -2.29. The fourth-order valence-electron chi connectivity index (χ4n) is 3.56. The third-order valence-electron chi connectivity index (χ3n) is 4.61. The molecule has 2 atom stereocenters. The Morgan fingerprint density at radius 1 is 1.38 bits per heavy atom. The number of rotatable bonds is 5. The van der Waals surface area contributed by atoms with Crippen LogP contribution in [0, 0.1) is 5.92 Å². The van der Waals surface area contributed by atoms with Crippen molar-refractivity contribution in [3.05, 3.63) is 17.7 Å². The van der Waals surface area contributed by atoms with Gasteiger partial charge in [-0.05, 0) is 38.1 Å². The van der Waals surface area contributed by atoms with Crippen LogP contribution in [0.15, 0.2) is 12.1 Å². The summed E-state index contributed by atoms with van der Waals surface area (Å²) in [6.07, 6.45) is 2.21. The number of ether oxygens (including phenoxy) is 2. The van der Waals surface area contributed by atoms with Crippen LogP contribution in [0.25, 0.3) is 0 Å². The second kappa shape index (κ2) is 6.12. The zero-order chi connectivity index (χ0) is 14.8.